The van der Waals surface area contributed by atoms with Gasteiger partial charge in [-0.1, -0.05) is 18.7 Å². The average Bonchev–Trinajstić information content (AvgIpc) is 3.12. The quantitative estimate of drug-likeness (QED) is 0.460. The van der Waals surface area contributed by atoms with E-state index in [1.807, 2.05) is 6.07 Å². The minimum Gasteiger partial charge on any atom is -0.493 e. The maximum atomic E-state index is 12.3. The smallest absolute Gasteiger partial charge is 0.264 e. The highest BCUT2D eigenvalue weighted by Crippen LogP contribution is 2.29. The monoisotopic (exact) mass is 312 g/mol. The molecule has 1 amide bonds. The fraction of sp³-hybridized carbons (Fsp3) is 0.333. The van der Waals surface area contributed by atoms with Gasteiger partial charge in [-0.3, -0.25) is 4.79 Å². The maximum Gasteiger partial charge on any atom is 0.264 e. The summed E-state index contributed by atoms with van der Waals surface area (Å²) in [7, 11) is 1.55. The Labute approximate surface area is 136 Å². The van der Waals surface area contributed by atoms with Crippen LogP contribution in [0.1, 0.15) is 18.4 Å². The molecule has 1 heterocycles. The molecule has 0 aliphatic carbocycles. The molecule has 1 fully saturated rings. The van der Waals surface area contributed by atoms with Gasteiger partial charge >= 0.3 is 0 Å². The van der Waals surface area contributed by atoms with Crippen LogP contribution < -0.4 is 9.47 Å². The van der Waals surface area contributed by atoms with Crippen molar-refractivity contribution in [2.24, 2.45) is 0 Å². The lowest BCUT2D eigenvalue weighted by Crippen LogP contribution is -2.28. The first kappa shape index (κ1) is 16.6. The normalized spacial score (nSPS) is 14.3. The highest BCUT2D eigenvalue weighted by Gasteiger charge is 2.21. The zero-order chi connectivity index (χ0) is 16.7. The van der Waals surface area contributed by atoms with E-state index in [0.717, 1.165) is 31.5 Å². The van der Waals surface area contributed by atoms with Gasteiger partial charge in [-0.05, 0) is 36.6 Å². The van der Waals surface area contributed by atoms with E-state index in [1.165, 1.54) is 0 Å². The molecule has 0 spiro atoms. The number of amides is 1. The van der Waals surface area contributed by atoms with Crippen LogP contribution in [0.4, 0.5) is 0 Å². The van der Waals surface area contributed by atoms with Crippen molar-refractivity contribution >= 4 is 12.0 Å². The summed E-state index contributed by atoms with van der Waals surface area (Å²) in [6.45, 7) is 5.42. The Morgan fingerprint density at radius 1 is 1.39 bits per heavy atom. The number of benzene rings is 1. The van der Waals surface area contributed by atoms with Crippen LogP contribution >= 0.6 is 0 Å². The Balaban J connectivity index is 2.23. The number of methoxy groups -OCH3 is 1. The topological polar surface area (TPSA) is 62.6 Å². The molecule has 23 heavy (non-hydrogen) atoms. The van der Waals surface area contributed by atoms with Gasteiger partial charge in [-0.25, -0.2) is 0 Å². The molecule has 0 radical (unpaired) electrons. The van der Waals surface area contributed by atoms with Gasteiger partial charge in [0.05, 0.1) is 7.11 Å². The highest BCUT2D eigenvalue weighted by atomic mass is 16.5. The molecule has 5 nitrogen and oxygen atoms in total. The number of nitrogens with zero attached hydrogens (tertiary/aromatic N) is 2. The SMILES string of the molecule is C=CCOc1ccc(/C=C(\C#N)C(=O)N2CCCC2)cc1OC. The maximum absolute atomic E-state index is 12.3. The van der Waals surface area contributed by atoms with Gasteiger partial charge in [0.25, 0.3) is 5.91 Å². The molecular weight excluding hydrogens is 292 g/mol. The lowest BCUT2D eigenvalue weighted by Gasteiger charge is -2.14. The Morgan fingerprint density at radius 3 is 2.74 bits per heavy atom. The molecule has 0 unspecified atom stereocenters. The van der Waals surface area contributed by atoms with Gasteiger partial charge in [-0.2, -0.15) is 5.26 Å². The van der Waals surface area contributed by atoms with Crippen LogP contribution in [0.2, 0.25) is 0 Å². The summed E-state index contributed by atoms with van der Waals surface area (Å²) in [5.74, 6) is 0.927. The minimum atomic E-state index is -0.212. The summed E-state index contributed by atoms with van der Waals surface area (Å²) in [5, 5.41) is 9.28. The van der Waals surface area contributed by atoms with Gasteiger partial charge in [-0.15, -0.1) is 0 Å². The van der Waals surface area contributed by atoms with E-state index in [0.29, 0.717) is 18.1 Å². The second-order valence-corrected chi connectivity index (χ2v) is 5.18. The Kier molecular flexibility index (Phi) is 5.81. The largest absolute Gasteiger partial charge is 0.493 e. The van der Waals surface area contributed by atoms with E-state index in [9.17, 15) is 10.1 Å². The molecule has 0 bridgehead atoms. The Bertz CT molecular complexity index is 653. The third-order valence-electron chi connectivity index (χ3n) is 3.60. The number of carbonyl (C=O) groups excluding carboxylic acids is 1. The molecule has 0 aromatic heterocycles. The molecule has 5 heteroatoms. The van der Waals surface area contributed by atoms with E-state index >= 15 is 0 Å². The second kappa shape index (κ2) is 8.04. The molecule has 1 saturated heterocycles. The zero-order valence-corrected chi connectivity index (χ0v) is 13.2. The molecule has 0 atom stereocenters. The third kappa shape index (κ3) is 4.13. The molecule has 1 aliphatic heterocycles. The van der Waals surface area contributed by atoms with Crippen LogP contribution in [0.15, 0.2) is 36.4 Å². The summed E-state index contributed by atoms with van der Waals surface area (Å²) in [5.41, 5.74) is 0.852. The van der Waals surface area contributed by atoms with Crippen molar-refractivity contribution in [2.45, 2.75) is 12.8 Å². The van der Waals surface area contributed by atoms with Crippen LogP contribution in [-0.4, -0.2) is 37.6 Å². The van der Waals surface area contributed by atoms with E-state index in [2.05, 4.69) is 6.58 Å². The molecule has 0 saturated carbocycles. The first-order chi connectivity index (χ1) is 11.2. The van der Waals surface area contributed by atoms with Gasteiger partial charge < -0.3 is 14.4 Å². The summed E-state index contributed by atoms with van der Waals surface area (Å²) in [6.07, 6.45) is 5.22. The van der Waals surface area contributed by atoms with Crippen molar-refractivity contribution in [1.82, 2.24) is 4.90 Å². The minimum absolute atomic E-state index is 0.133. The number of rotatable bonds is 6. The Morgan fingerprint density at radius 2 is 2.13 bits per heavy atom. The van der Waals surface area contributed by atoms with E-state index in [4.69, 9.17) is 9.47 Å². The lowest BCUT2D eigenvalue weighted by atomic mass is 10.1. The number of likely N-dealkylation sites (tertiary alicyclic amines) is 1. The van der Waals surface area contributed by atoms with Gasteiger partial charge in [0.1, 0.15) is 18.2 Å². The van der Waals surface area contributed by atoms with Crippen molar-refractivity contribution in [3.63, 3.8) is 0 Å². The summed E-state index contributed by atoms with van der Waals surface area (Å²) >= 11 is 0. The average molecular weight is 312 g/mol. The van der Waals surface area contributed by atoms with Crippen LogP contribution in [0.3, 0.4) is 0 Å². The summed E-state index contributed by atoms with van der Waals surface area (Å²) in [6, 6.07) is 7.28. The zero-order valence-electron chi connectivity index (χ0n) is 13.2. The third-order valence-corrected chi connectivity index (χ3v) is 3.60. The van der Waals surface area contributed by atoms with Crippen LogP contribution in [0, 0.1) is 11.3 Å². The first-order valence-electron chi connectivity index (χ1n) is 7.52. The fourth-order valence-electron chi connectivity index (χ4n) is 2.44. The summed E-state index contributed by atoms with van der Waals surface area (Å²) < 4.78 is 10.8. The lowest BCUT2D eigenvalue weighted by molar-refractivity contribution is -0.125. The van der Waals surface area contributed by atoms with Gasteiger partial charge in [0.15, 0.2) is 11.5 Å². The molecule has 120 valence electrons. The number of hydrogen-bond acceptors (Lipinski definition) is 4. The first-order valence-corrected chi connectivity index (χ1v) is 7.52. The standard InChI is InChI=1S/C18H20N2O3/c1-3-10-23-16-7-6-14(12-17(16)22-2)11-15(13-19)18(21)20-8-4-5-9-20/h3,6-7,11-12H,1,4-5,8-10H2,2H3/b15-11+. The van der Waals surface area contributed by atoms with Crippen molar-refractivity contribution in [3.8, 4) is 17.6 Å². The van der Waals surface area contributed by atoms with Crippen molar-refractivity contribution in [1.29, 1.82) is 5.26 Å². The molecule has 1 aliphatic rings. The van der Waals surface area contributed by atoms with Crippen molar-refractivity contribution in [3.05, 3.63) is 42.0 Å². The number of ether oxygens (including phenoxy) is 2. The van der Waals surface area contributed by atoms with Gasteiger partial charge in [0, 0.05) is 13.1 Å². The van der Waals surface area contributed by atoms with Crippen molar-refractivity contribution < 1.29 is 14.3 Å². The van der Waals surface area contributed by atoms with E-state index in [-0.39, 0.29) is 11.5 Å². The molecular formula is C18H20N2O3. The molecule has 0 N–H and O–H groups in total. The number of nitriles is 1. The molecule has 1 aromatic rings. The van der Waals surface area contributed by atoms with Crippen LogP contribution in [0.5, 0.6) is 11.5 Å². The predicted molar refractivity (Wildman–Crippen MR) is 88.1 cm³/mol. The van der Waals surface area contributed by atoms with Crippen LogP contribution in [0.25, 0.3) is 6.08 Å². The van der Waals surface area contributed by atoms with Gasteiger partial charge in [0.2, 0.25) is 0 Å². The highest BCUT2D eigenvalue weighted by molar-refractivity contribution is 6.01. The summed E-state index contributed by atoms with van der Waals surface area (Å²) in [4.78, 5) is 14.0. The molecule has 2 rings (SSSR count). The van der Waals surface area contributed by atoms with E-state index < -0.39 is 0 Å². The second-order valence-electron chi connectivity index (χ2n) is 5.18. The fourth-order valence-corrected chi connectivity index (χ4v) is 2.44. The van der Waals surface area contributed by atoms with E-state index in [1.54, 1.807) is 42.4 Å². The van der Waals surface area contributed by atoms with Crippen molar-refractivity contribution in [2.75, 3.05) is 26.8 Å². The number of carbonyl (C=O) groups is 1. The predicted octanol–water partition coefficient (Wildman–Crippen LogP) is 2.79. The van der Waals surface area contributed by atoms with Crippen LogP contribution in [-0.2, 0) is 4.79 Å². The Hall–Kier alpha value is -2.74. The number of hydrogen-bond donors (Lipinski definition) is 0. The molecule has 1 aromatic carbocycles.